The van der Waals surface area contributed by atoms with Gasteiger partial charge in [-0.1, -0.05) is 6.07 Å². The number of anilines is 1. The molecule has 0 bridgehead atoms. The summed E-state index contributed by atoms with van der Waals surface area (Å²) in [6.45, 7) is 4.27. The Morgan fingerprint density at radius 1 is 1.29 bits per heavy atom. The van der Waals surface area contributed by atoms with Crippen LogP contribution in [0.3, 0.4) is 0 Å². The largest absolute Gasteiger partial charge is 0.418 e. The monoisotopic (exact) mass is 320 g/mol. The highest BCUT2D eigenvalue weighted by atomic mass is 35.5. The van der Waals surface area contributed by atoms with Gasteiger partial charge in [0.2, 0.25) is 0 Å². The third-order valence-electron chi connectivity index (χ3n) is 3.88. The van der Waals surface area contributed by atoms with E-state index in [0.29, 0.717) is 12.1 Å². The highest BCUT2D eigenvalue weighted by molar-refractivity contribution is 6.17. The lowest BCUT2D eigenvalue weighted by atomic mass is 10.1. The summed E-state index contributed by atoms with van der Waals surface area (Å²) in [7, 11) is 2.00. The van der Waals surface area contributed by atoms with Crippen molar-refractivity contribution in [1.29, 1.82) is 0 Å². The van der Waals surface area contributed by atoms with E-state index in [1.807, 2.05) is 18.9 Å². The normalized spacial score (nSPS) is 21.4. The molecule has 0 amide bonds. The maximum atomic E-state index is 13.3. The minimum Gasteiger partial charge on any atom is -0.367 e. The summed E-state index contributed by atoms with van der Waals surface area (Å²) < 4.78 is 40.0. The third kappa shape index (κ3) is 3.83. The van der Waals surface area contributed by atoms with Crippen LogP contribution in [0.1, 0.15) is 24.5 Å². The Bertz CT molecular complexity index is 490. The lowest BCUT2D eigenvalue weighted by Gasteiger charge is -2.32. The van der Waals surface area contributed by atoms with Gasteiger partial charge in [-0.25, -0.2) is 0 Å². The molecule has 1 aliphatic heterocycles. The van der Waals surface area contributed by atoms with Crippen molar-refractivity contribution in [3.63, 3.8) is 0 Å². The van der Waals surface area contributed by atoms with Crippen LogP contribution in [0.2, 0.25) is 0 Å². The number of nitrogens with zero attached hydrogens (tertiary/aromatic N) is 2. The first-order valence-corrected chi connectivity index (χ1v) is 7.57. The van der Waals surface area contributed by atoms with Crippen LogP contribution >= 0.6 is 11.6 Å². The van der Waals surface area contributed by atoms with Crippen molar-refractivity contribution in [3.8, 4) is 0 Å². The van der Waals surface area contributed by atoms with Crippen molar-refractivity contribution in [2.24, 2.45) is 0 Å². The van der Waals surface area contributed by atoms with E-state index < -0.39 is 11.7 Å². The maximum absolute atomic E-state index is 13.3. The summed E-state index contributed by atoms with van der Waals surface area (Å²) >= 11 is 5.67. The van der Waals surface area contributed by atoms with E-state index in [9.17, 15) is 13.2 Å². The average molecular weight is 321 g/mol. The molecule has 6 heteroatoms. The smallest absolute Gasteiger partial charge is 0.367 e. The van der Waals surface area contributed by atoms with E-state index in [-0.39, 0.29) is 17.6 Å². The molecule has 0 spiro atoms. The number of hydrogen-bond acceptors (Lipinski definition) is 2. The highest BCUT2D eigenvalue weighted by Gasteiger charge is 2.36. The Labute approximate surface area is 128 Å². The molecule has 1 aliphatic rings. The molecule has 1 atom stereocenters. The Balaban J connectivity index is 2.42. The van der Waals surface area contributed by atoms with Gasteiger partial charge in [0.15, 0.2) is 0 Å². The summed E-state index contributed by atoms with van der Waals surface area (Å²) in [5, 5.41) is 0. The third-order valence-corrected chi connectivity index (χ3v) is 4.19. The van der Waals surface area contributed by atoms with Crippen molar-refractivity contribution in [2.75, 3.05) is 31.6 Å². The molecule has 21 heavy (non-hydrogen) atoms. The first-order chi connectivity index (χ1) is 9.82. The Morgan fingerprint density at radius 2 is 2.00 bits per heavy atom. The average Bonchev–Trinajstić information content (AvgIpc) is 2.57. The van der Waals surface area contributed by atoms with Gasteiger partial charge in [0.05, 0.1) is 5.56 Å². The molecule has 118 valence electrons. The van der Waals surface area contributed by atoms with Crippen LogP contribution in [0.25, 0.3) is 0 Å². The number of rotatable bonds is 2. The Kier molecular flexibility index (Phi) is 5.04. The zero-order valence-corrected chi connectivity index (χ0v) is 13.0. The summed E-state index contributed by atoms with van der Waals surface area (Å²) in [5.74, 6) is 0.0850. The van der Waals surface area contributed by atoms with Crippen molar-refractivity contribution in [2.45, 2.75) is 31.4 Å². The molecule has 2 rings (SSSR count). The number of benzene rings is 1. The van der Waals surface area contributed by atoms with Crippen molar-refractivity contribution in [1.82, 2.24) is 4.90 Å². The summed E-state index contributed by atoms with van der Waals surface area (Å²) in [6, 6.07) is 4.45. The molecule has 0 aromatic heterocycles. The fourth-order valence-electron chi connectivity index (χ4n) is 2.87. The van der Waals surface area contributed by atoms with Gasteiger partial charge in [-0.05, 0) is 44.6 Å². The zero-order valence-electron chi connectivity index (χ0n) is 12.3. The molecule has 0 aliphatic carbocycles. The van der Waals surface area contributed by atoms with Crippen LogP contribution in [-0.4, -0.2) is 37.6 Å². The van der Waals surface area contributed by atoms with Gasteiger partial charge in [-0.3, -0.25) is 0 Å². The molecule has 1 aromatic carbocycles. The minimum atomic E-state index is -4.37. The lowest BCUT2D eigenvalue weighted by molar-refractivity contribution is -0.137. The predicted molar refractivity (Wildman–Crippen MR) is 79.9 cm³/mol. The summed E-state index contributed by atoms with van der Waals surface area (Å²) in [5.41, 5.74) is 0.170. The lowest BCUT2D eigenvalue weighted by Crippen LogP contribution is -2.39. The van der Waals surface area contributed by atoms with Gasteiger partial charge in [0, 0.05) is 30.7 Å². The Morgan fingerprint density at radius 3 is 2.62 bits per heavy atom. The quantitative estimate of drug-likeness (QED) is 0.761. The fourth-order valence-corrected chi connectivity index (χ4v) is 3.04. The maximum Gasteiger partial charge on any atom is 0.418 e. The van der Waals surface area contributed by atoms with E-state index in [2.05, 4.69) is 4.90 Å². The second-order valence-corrected chi connectivity index (χ2v) is 5.91. The van der Waals surface area contributed by atoms with Gasteiger partial charge in [-0.2, -0.15) is 13.2 Å². The van der Waals surface area contributed by atoms with E-state index in [4.69, 9.17) is 11.6 Å². The van der Waals surface area contributed by atoms with Gasteiger partial charge < -0.3 is 9.80 Å². The van der Waals surface area contributed by atoms with Crippen LogP contribution in [0.15, 0.2) is 18.2 Å². The number of halogens is 4. The van der Waals surface area contributed by atoms with Gasteiger partial charge >= 0.3 is 6.18 Å². The first kappa shape index (κ1) is 16.4. The van der Waals surface area contributed by atoms with Crippen LogP contribution in [0.5, 0.6) is 0 Å². The molecule has 0 saturated carbocycles. The van der Waals surface area contributed by atoms with Crippen LogP contribution in [0.4, 0.5) is 18.9 Å². The van der Waals surface area contributed by atoms with E-state index in [0.717, 1.165) is 19.5 Å². The van der Waals surface area contributed by atoms with Crippen molar-refractivity contribution < 1.29 is 13.2 Å². The van der Waals surface area contributed by atoms with Gasteiger partial charge in [0.1, 0.15) is 0 Å². The SMILES string of the molecule is CC1CN(C)CCCN1c1ccc(CCl)cc1C(F)(F)F. The fraction of sp³-hybridized carbons (Fsp3) is 0.600. The molecular formula is C15H20ClF3N2. The van der Waals surface area contributed by atoms with E-state index in [1.165, 1.54) is 6.07 Å². The van der Waals surface area contributed by atoms with Crippen molar-refractivity contribution in [3.05, 3.63) is 29.3 Å². The van der Waals surface area contributed by atoms with E-state index >= 15 is 0 Å². The highest BCUT2D eigenvalue weighted by Crippen LogP contribution is 2.38. The number of hydrogen-bond donors (Lipinski definition) is 0. The molecule has 1 unspecified atom stereocenters. The first-order valence-electron chi connectivity index (χ1n) is 7.04. The van der Waals surface area contributed by atoms with Gasteiger partial charge in [-0.15, -0.1) is 11.6 Å². The minimum absolute atomic E-state index is 0.0421. The topological polar surface area (TPSA) is 6.48 Å². The molecule has 1 heterocycles. The standard InChI is InChI=1S/C15H20ClF3N2/c1-11-10-20(2)6-3-7-21(11)14-5-4-12(9-16)8-13(14)15(17,18)19/h4-5,8,11H,3,6-7,9-10H2,1-2H3. The molecule has 1 aromatic rings. The van der Waals surface area contributed by atoms with E-state index in [1.54, 1.807) is 12.1 Å². The molecule has 0 radical (unpaired) electrons. The van der Waals surface area contributed by atoms with Gasteiger partial charge in [0.25, 0.3) is 0 Å². The number of likely N-dealkylation sites (N-methyl/N-ethyl adjacent to an activating group) is 1. The van der Waals surface area contributed by atoms with Crippen LogP contribution in [-0.2, 0) is 12.1 Å². The predicted octanol–water partition coefficient (Wildman–Crippen LogP) is 3.97. The second-order valence-electron chi connectivity index (χ2n) is 5.64. The summed E-state index contributed by atoms with van der Waals surface area (Å²) in [6.07, 6.45) is -3.51. The van der Waals surface area contributed by atoms with Crippen molar-refractivity contribution >= 4 is 17.3 Å². The summed E-state index contributed by atoms with van der Waals surface area (Å²) in [4.78, 5) is 4.02. The Hall–Kier alpha value is -0.940. The zero-order chi connectivity index (χ0) is 15.6. The molecular weight excluding hydrogens is 301 g/mol. The van der Waals surface area contributed by atoms with Crippen LogP contribution in [0, 0.1) is 0 Å². The van der Waals surface area contributed by atoms with Crippen LogP contribution < -0.4 is 4.90 Å². The molecule has 1 fully saturated rings. The molecule has 0 N–H and O–H groups in total. The second kappa shape index (κ2) is 6.44. The molecule has 1 saturated heterocycles. The number of alkyl halides is 4. The molecule has 2 nitrogen and oxygen atoms in total.